The zero-order chi connectivity index (χ0) is 13.8. The van der Waals surface area contributed by atoms with E-state index in [-0.39, 0.29) is 6.04 Å². The van der Waals surface area contributed by atoms with Gasteiger partial charge < -0.3 is 11.1 Å². The molecule has 5 heteroatoms. The Morgan fingerprint density at radius 1 is 1.21 bits per heavy atom. The van der Waals surface area contributed by atoms with E-state index < -0.39 is 0 Å². The first-order valence-corrected chi connectivity index (χ1v) is 6.68. The fraction of sp³-hybridized carbons (Fsp3) is 0.214. The molecule has 100 valence electrons. The van der Waals surface area contributed by atoms with Crippen molar-refractivity contribution in [3.05, 3.63) is 57.7 Å². The molecule has 1 aromatic heterocycles. The van der Waals surface area contributed by atoms with Gasteiger partial charge in [-0.15, -0.1) is 0 Å². The maximum atomic E-state index is 5.98. The van der Waals surface area contributed by atoms with Crippen molar-refractivity contribution in [3.63, 3.8) is 0 Å². The highest BCUT2D eigenvalue weighted by Crippen LogP contribution is 2.25. The van der Waals surface area contributed by atoms with E-state index in [1.54, 1.807) is 6.20 Å². The Balaban J connectivity index is 2.24. The fourth-order valence-corrected chi connectivity index (χ4v) is 2.26. The summed E-state index contributed by atoms with van der Waals surface area (Å²) in [7, 11) is 1.89. The smallest absolute Gasteiger partial charge is 0.128 e. The van der Waals surface area contributed by atoms with Crippen molar-refractivity contribution in [2.75, 3.05) is 12.8 Å². The first kappa shape index (κ1) is 14.1. The first-order valence-electron chi connectivity index (χ1n) is 5.92. The van der Waals surface area contributed by atoms with Crippen molar-refractivity contribution in [1.82, 2.24) is 10.3 Å². The normalized spacial score (nSPS) is 12.4. The van der Waals surface area contributed by atoms with Crippen molar-refractivity contribution in [2.45, 2.75) is 12.5 Å². The Morgan fingerprint density at radius 2 is 1.89 bits per heavy atom. The Hall–Kier alpha value is -1.29. The van der Waals surface area contributed by atoms with E-state index in [0.717, 1.165) is 17.0 Å². The maximum Gasteiger partial charge on any atom is 0.128 e. The van der Waals surface area contributed by atoms with Crippen molar-refractivity contribution < 1.29 is 0 Å². The van der Waals surface area contributed by atoms with Crippen LogP contribution >= 0.6 is 23.2 Å². The summed E-state index contributed by atoms with van der Waals surface area (Å²) >= 11 is 11.9. The average Bonchev–Trinajstić information content (AvgIpc) is 2.41. The lowest BCUT2D eigenvalue weighted by Crippen LogP contribution is -2.20. The zero-order valence-corrected chi connectivity index (χ0v) is 12.0. The van der Waals surface area contributed by atoms with Crippen molar-refractivity contribution in [3.8, 4) is 0 Å². The van der Waals surface area contributed by atoms with Crippen LogP contribution in [0.3, 0.4) is 0 Å². The van der Waals surface area contributed by atoms with Crippen LogP contribution in [0.4, 0.5) is 5.82 Å². The van der Waals surface area contributed by atoms with Crippen molar-refractivity contribution in [1.29, 1.82) is 0 Å². The van der Waals surface area contributed by atoms with Crippen LogP contribution in [0.25, 0.3) is 0 Å². The van der Waals surface area contributed by atoms with Crippen LogP contribution in [0.5, 0.6) is 0 Å². The molecule has 2 rings (SSSR count). The third-order valence-electron chi connectivity index (χ3n) is 2.99. The molecule has 1 unspecified atom stereocenters. The van der Waals surface area contributed by atoms with Gasteiger partial charge in [0.15, 0.2) is 0 Å². The molecule has 0 saturated carbocycles. The molecule has 2 aromatic rings. The molecular weight excluding hydrogens is 281 g/mol. The quantitative estimate of drug-likeness (QED) is 0.908. The third kappa shape index (κ3) is 3.60. The highest BCUT2D eigenvalue weighted by molar-refractivity contribution is 6.30. The molecule has 0 aliphatic carbocycles. The highest BCUT2D eigenvalue weighted by atomic mass is 35.5. The van der Waals surface area contributed by atoms with Crippen LogP contribution in [0.15, 0.2) is 36.5 Å². The molecule has 0 fully saturated rings. The minimum Gasteiger partial charge on any atom is -0.383 e. The zero-order valence-electron chi connectivity index (χ0n) is 10.5. The molecule has 0 saturated heterocycles. The topological polar surface area (TPSA) is 50.9 Å². The van der Waals surface area contributed by atoms with E-state index in [9.17, 15) is 0 Å². The van der Waals surface area contributed by atoms with Gasteiger partial charge in [0.2, 0.25) is 0 Å². The number of benzene rings is 1. The van der Waals surface area contributed by atoms with Gasteiger partial charge in [-0.3, -0.25) is 0 Å². The largest absolute Gasteiger partial charge is 0.383 e. The van der Waals surface area contributed by atoms with Gasteiger partial charge in [0.1, 0.15) is 5.82 Å². The standard InChI is InChI=1S/C14H15Cl2N3/c1-18-13(6-9-2-4-10(15)5-3-9)12-7-11(16)8-19-14(12)17/h2-5,7-8,13,18H,6H2,1H3,(H2,17,19). The average molecular weight is 296 g/mol. The van der Waals surface area contributed by atoms with E-state index >= 15 is 0 Å². The van der Waals surface area contributed by atoms with Crippen LogP contribution in [0, 0.1) is 0 Å². The number of halogens is 2. The maximum absolute atomic E-state index is 5.98. The summed E-state index contributed by atoms with van der Waals surface area (Å²) in [4.78, 5) is 4.09. The molecule has 0 aliphatic rings. The minimum atomic E-state index is 0.0624. The Kier molecular flexibility index (Phi) is 4.64. The first-order chi connectivity index (χ1) is 9.10. The number of rotatable bonds is 4. The molecule has 0 spiro atoms. The second-order valence-electron chi connectivity index (χ2n) is 4.30. The number of nitrogens with zero attached hydrogens (tertiary/aromatic N) is 1. The number of nitrogens with one attached hydrogen (secondary N) is 1. The molecular formula is C14H15Cl2N3. The summed E-state index contributed by atoms with van der Waals surface area (Å²) in [6.07, 6.45) is 2.34. The van der Waals surface area contributed by atoms with E-state index in [1.807, 2.05) is 37.4 Å². The Labute approximate surface area is 122 Å². The number of anilines is 1. The molecule has 0 aliphatic heterocycles. The second-order valence-corrected chi connectivity index (χ2v) is 5.17. The summed E-state index contributed by atoms with van der Waals surface area (Å²) in [6, 6.07) is 9.67. The third-order valence-corrected chi connectivity index (χ3v) is 3.45. The Bertz CT molecular complexity index is 555. The molecule has 0 amide bonds. The number of likely N-dealkylation sites (N-methyl/N-ethyl adjacent to an activating group) is 1. The lowest BCUT2D eigenvalue weighted by atomic mass is 9.99. The van der Waals surface area contributed by atoms with Crippen LogP contribution in [0.2, 0.25) is 10.0 Å². The van der Waals surface area contributed by atoms with Gasteiger partial charge in [0, 0.05) is 22.8 Å². The van der Waals surface area contributed by atoms with Gasteiger partial charge in [-0.1, -0.05) is 35.3 Å². The lowest BCUT2D eigenvalue weighted by Gasteiger charge is -2.18. The van der Waals surface area contributed by atoms with Gasteiger partial charge >= 0.3 is 0 Å². The second kappa shape index (κ2) is 6.24. The lowest BCUT2D eigenvalue weighted by molar-refractivity contribution is 0.592. The van der Waals surface area contributed by atoms with E-state index in [2.05, 4.69) is 10.3 Å². The monoisotopic (exact) mass is 295 g/mol. The van der Waals surface area contributed by atoms with Gasteiger partial charge in [-0.25, -0.2) is 4.98 Å². The molecule has 0 bridgehead atoms. The Morgan fingerprint density at radius 3 is 2.53 bits per heavy atom. The van der Waals surface area contributed by atoms with Crippen LogP contribution < -0.4 is 11.1 Å². The predicted molar refractivity (Wildman–Crippen MR) is 80.6 cm³/mol. The van der Waals surface area contributed by atoms with Gasteiger partial charge in [-0.2, -0.15) is 0 Å². The molecule has 1 atom stereocenters. The number of nitrogen functional groups attached to an aromatic ring is 1. The molecule has 1 heterocycles. The molecule has 3 N–H and O–H groups in total. The van der Waals surface area contributed by atoms with E-state index in [4.69, 9.17) is 28.9 Å². The van der Waals surface area contributed by atoms with Gasteiger partial charge in [0.25, 0.3) is 0 Å². The van der Waals surface area contributed by atoms with E-state index in [1.165, 1.54) is 5.56 Å². The molecule has 19 heavy (non-hydrogen) atoms. The summed E-state index contributed by atoms with van der Waals surface area (Å²) in [5, 5.41) is 4.55. The molecule has 1 aromatic carbocycles. The molecule has 0 radical (unpaired) electrons. The summed E-state index contributed by atoms with van der Waals surface area (Å²) in [5.74, 6) is 0.498. The minimum absolute atomic E-state index is 0.0624. The number of hydrogen-bond acceptors (Lipinski definition) is 3. The van der Waals surface area contributed by atoms with Crippen LogP contribution in [-0.2, 0) is 6.42 Å². The number of pyridine rings is 1. The SMILES string of the molecule is CNC(Cc1ccc(Cl)cc1)c1cc(Cl)cnc1N. The molecule has 3 nitrogen and oxygen atoms in total. The fourth-order valence-electron chi connectivity index (χ4n) is 1.97. The van der Waals surface area contributed by atoms with Crippen LogP contribution in [0.1, 0.15) is 17.2 Å². The van der Waals surface area contributed by atoms with Gasteiger partial charge in [-0.05, 0) is 37.2 Å². The van der Waals surface area contributed by atoms with Crippen LogP contribution in [-0.4, -0.2) is 12.0 Å². The number of hydrogen-bond donors (Lipinski definition) is 2. The van der Waals surface area contributed by atoms with Gasteiger partial charge in [0.05, 0.1) is 5.02 Å². The van der Waals surface area contributed by atoms with Crippen molar-refractivity contribution in [2.24, 2.45) is 0 Å². The van der Waals surface area contributed by atoms with Crippen molar-refractivity contribution >= 4 is 29.0 Å². The summed E-state index contributed by atoms with van der Waals surface area (Å²) in [5.41, 5.74) is 7.99. The highest BCUT2D eigenvalue weighted by Gasteiger charge is 2.14. The summed E-state index contributed by atoms with van der Waals surface area (Å²) in [6.45, 7) is 0. The predicted octanol–water partition coefficient (Wildman–Crippen LogP) is 3.47. The number of nitrogens with two attached hydrogens (primary N) is 1. The van der Waals surface area contributed by atoms with E-state index in [0.29, 0.717) is 10.8 Å². The summed E-state index contributed by atoms with van der Waals surface area (Å²) < 4.78 is 0. The number of aromatic nitrogens is 1.